The van der Waals surface area contributed by atoms with Crippen LogP contribution in [0.1, 0.15) is 43.7 Å². The second kappa shape index (κ2) is 9.04. The SMILES string of the molecule is CC(C)c1ccc(C=CC(=O)N2CCN(C(=O)C(=O)N3CCCC3)CC2)cc1. The minimum absolute atomic E-state index is 0.0640. The van der Waals surface area contributed by atoms with Crippen molar-refractivity contribution < 1.29 is 14.4 Å². The molecule has 0 unspecified atom stereocenters. The number of nitrogens with zero attached hydrogens (tertiary/aromatic N) is 3. The lowest BCUT2D eigenvalue weighted by Crippen LogP contribution is -2.53. The van der Waals surface area contributed by atoms with Gasteiger partial charge in [0.1, 0.15) is 0 Å². The van der Waals surface area contributed by atoms with Gasteiger partial charge in [0, 0.05) is 45.3 Å². The topological polar surface area (TPSA) is 60.9 Å². The predicted octanol–water partition coefficient (Wildman–Crippen LogP) is 2.12. The average molecular weight is 383 g/mol. The normalized spacial score (nSPS) is 17.6. The summed E-state index contributed by atoms with van der Waals surface area (Å²) in [6, 6.07) is 8.19. The Labute approximate surface area is 166 Å². The van der Waals surface area contributed by atoms with Crippen molar-refractivity contribution >= 4 is 23.8 Å². The van der Waals surface area contributed by atoms with E-state index in [2.05, 4.69) is 26.0 Å². The van der Waals surface area contributed by atoms with Crippen LogP contribution >= 0.6 is 0 Å². The Hall–Kier alpha value is -2.63. The van der Waals surface area contributed by atoms with E-state index in [1.54, 1.807) is 20.8 Å². The molecule has 2 heterocycles. The first-order chi connectivity index (χ1) is 13.5. The van der Waals surface area contributed by atoms with Gasteiger partial charge in [-0.15, -0.1) is 0 Å². The monoisotopic (exact) mass is 383 g/mol. The van der Waals surface area contributed by atoms with Gasteiger partial charge in [0.15, 0.2) is 0 Å². The second-order valence-corrected chi connectivity index (χ2v) is 7.77. The molecule has 0 saturated carbocycles. The number of piperazine rings is 1. The fourth-order valence-corrected chi connectivity index (χ4v) is 3.59. The summed E-state index contributed by atoms with van der Waals surface area (Å²) in [4.78, 5) is 41.9. The fourth-order valence-electron chi connectivity index (χ4n) is 3.59. The van der Waals surface area contributed by atoms with E-state index in [0.717, 1.165) is 18.4 Å². The third-order valence-corrected chi connectivity index (χ3v) is 5.48. The van der Waals surface area contributed by atoms with Crippen molar-refractivity contribution in [1.82, 2.24) is 14.7 Å². The minimum atomic E-state index is -0.435. The van der Waals surface area contributed by atoms with Crippen LogP contribution in [-0.2, 0) is 14.4 Å². The fraction of sp³-hybridized carbons (Fsp3) is 0.500. The highest BCUT2D eigenvalue weighted by atomic mass is 16.2. The molecule has 2 aliphatic rings. The zero-order valence-electron chi connectivity index (χ0n) is 16.8. The van der Waals surface area contributed by atoms with E-state index in [1.165, 1.54) is 5.56 Å². The highest BCUT2D eigenvalue weighted by Gasteiger charge is 2.31. The van der Waals surface area contributed by atoms with Crippen LogP contribution in [0.2, 0.25) is 0 Å². The molecule has 0 atom stereocenters. The molecule has 0 N–H and O–H groups in total. The molecule has 0 radical (unpaired) electrons. The number of hydrogen-bond donors (Lipinski definition) is 0. The number of carbonyl (C=O) groups is 3. The Kier molecular flexibility index (Phi) is 6.49. The first-order valence-electron chi connectivity index (χ1n) is 10.1. The van der Waals surface area contributed by atoms with Crippen molar-refractivity contribution in [2.24, 2.45) is 0 Å². The van der Waals surface area contributed by atoms with Gasteiger partial charge >= 0.3 is 11.8 Å². The third kappa shape index (κ3) is 4.80. The highest BCUT2D eigenvalue weighted by molar-refractivity contribution is 6.35. The van der Waals surface area contributed by atoms with Crippen LogP contribution in [0.25, 0.3) is 6.08 Å². The summed E-state index contributed by atoms with van der Waals surface area (Å²) in [5, 5.41) is 0. The number of rotatable bonds is 3. The van der Waals surface area contributed by atoms with Gasteiger partial charge in [-0.05, 0) is 36.0 Å². The van der Waals surface area contributed by atoms with E-state index in [-0.39, 0.29) is 5.91 Å². The molecule has 1 aromatic carbocycles. The van der Waals surface area contributed by atoms with E-state index in [9.17, 15) is 14.4 Å². The smallest absolute Gasteiger partial charge is 0.312 e. The van der Waals surface area contributed by atoms with Gasteiger partial charge in [0.05, 0.1) is 0 Å². The quantitative estimate of drug-likeness (QED) is 0.593. The van der Waals surface area contributed by atoms with Crippen molar-refractivity contribution in [3.8, 4) is 0 Å². The summed E-state index contributed by atoms with van der Waals surface area (Å²) in [6.45, 7) is 7.36. The maximum absolute atomic E-state index is 12.4. The molecule has 3 rings (SSSR count). The number of likely N-dealkylation sites (tertiary alicyclic amines) is 1. The van der Waals surface area contributed by atoms with Gasteiger partial charge in [-0.25, -0.2) is 0 Å². The molecular weight excluding hydrogens is 354 g/mol. The molecule has 6 nitrogen and oxygen atoms in total. The van der Waals surface area contributed by atoms with E-state index in [0.29, 0.717) is 45.2 Å². The van der Waals surface area contributed by atoms with Crippen LogP contribution in [0.15, 0.2) is 30.3 Å². The van der Waals surface area contributed by atoms with Crippen molar-refractivity contribution in [3.05, 3.63) is 41.5 Å². The zero-order chi connectivity index (χ0) is 20.1. The average Bonchev–Trinajstić information content (AvgIpc) is 3.26. The molecule has 0 aromatic heterocycles. The Morgan fingerprint density at radius 3 is 1.82 bits per heavy atom. The molecule has 3 amide bonds. The first kappa shape index (κ1) is 20.1. The van der Waals surface area contributed by atoms with E-state index in [4.69, 9.17) is 0 Å². The van der Waals surface area contributed by atoms with Crippen LogP contribution < -0.4 is 0 Å². The van der Waals surface area contributed by atoms with Crippen molar-refractivity contribution in [2.45, 2.75) is 32.6 Å². The third-order valence-electron chi connectivity index (χ3n) is 5.48. The number of hydrogen-bond acceptors (Lipinski definition) is 3. The summed E-state index contributed by atoms with van der Waals surface area (Å²) < 4.78 is 0. The van der Waals surface area contributed by atoms with E-state index in [1.807, 2.05) is 18.2 Å². The summed E-state index contributed by atoms with van der Waals surface area (Å²) in [6.07, 6.45) is 5.33. The molecule has 28 heavy (non-hydrogen) atoms. The summed E-state index contributed by atoms with van der Waals surface area (Å²) in [7, 11) is 0. The van der Waals surface area contributed by atoms with E-state index < -0.39 is 11.8 Å². The lowest BCUT2D eigenvalue weighted by molar-refractivity contribution is -0.152. The molecule has 2 fully saturated rings. The molecule has 0 spiro atoms. The summed E-state index contributed by atoms with van der Waals surface area (Å²) >= 11 is 0. The maximum Gasteiger partial charge on any atom is 0.312 e. The lowest BCUT2D eigenvalue weighted by atomic mass is 10.0. The first-order valence-corrected chi connectivity index (χ1v) is 10.1. The molecule has 2 aliphatic heterocycles. The largest absolute Gasteiger partial charge is 0.336 e. The number of carbonyl (C=O) groups excluding carboxylic acids is 3. The minimum Gasteiger partial charge on any atom is -0.336 e. The van der Waals surface area contributed by atoms with Crippen molar-refractivity contribution in [1.29, 1.82) is 0 Å². The Morgan fingerprint density at radius 1 is 0.786 bits per heavy atom. The van der Waals surface area contributed by atoms with Gasteiger partial charge < -0.3 is 14.7 Å². The van der Waals surface area contributed by atoms with Crippen molar-refractivity contribution in [2.75, 3.05) is 39.3 Å². The molecule has 6 heteroatoms. The van der Waals surface area contributed by atoms with Crippen molar-refractivity contribution in [3.63, 3.8) is 0 Å². The summed E-state index contributed by atoms with van der Waals surface area (Å²) in [5.41, 5.74) is 2.26. The number of amides is 3. The molecule has 1 aromatic rings. The molecule has 0 aliphatic carbocycles. The van der Waals surface area contributed by atoms with Gasteiger partial charge in [0.25, 0.3) is 0 Å². The second-order valence-electron chi connectivity index (χ2n) is 7.77. The van der Waals surface area contributed by atoms with Crippen LogP contribution in [-0.4, -0.2) is 71.7 Å². The van der Waals surface area contributed by atoms with Crippen LogP contribution in [0, 0.1) is 0 Å². The van der Waals surface area contributed by atoms with Crippen LogP contribution in [0.3, 0.4) is 0 Å². The Bertz CT molecular complexity index is 741. The van der Waals surface area contributed by atoms with Gasteiger partial charge in [-0.3, -0.25) is 14.4 Å². The van der Waals surface area contributed by atoms with Gasteiger partial charge in [-0.2, -0.15) is 0 Å². The van der Waals surface area contributed by atoms with Gasteiger partial charge in [-0.1, -0.05) is 38.1 Å². The molecule has 150 valence electrons. The number of benzene rings is 1. The lowest BCUT2D eigenvalue weighted by Gasteiger charge is -2.34. The molecular formula is C22H29N3O3. The summed E-state index contributed by atoms with van der Waals surface area (Å²) in [5.74, 6) is -0.418. The molecule has 0 bridgehead atoms. The highest BCUT2D eigenvalue weighted by Crippen LogP contribution is 2.15. The Morgan fingerprint density at radius 2 is 1.29 bits per heavy atom. The zero-order valence-corrected chi connectivity index (χ0v) is 16.8. The van der Waals surface area contributed by atoms with E-state index >= 15 is 0 Å². The predicted molar refractivity (Wildman–Crippen MR) is 109 cm³/mol. The molecule has 2 saturated heterocycles. The van der Waals surface area contributed by atoms with Crippen LogP contribution in [0.5, 0.6) is 0 Å². The standard InChI is InChI=1S/C22H29N3O3/c1-17(2)19-8-5-18(6-9-19)7-10-20(26)23-13-15-25(16-14-23)22(28)21(27)24-11-3-4-12-24/h5-10,17H,3-4,11-16H2,1-2H3. The van der Waals surface area contributed by atoms with Crippen LogP contribution in [0.4, 0.5) is 0 Å². The Balaban J connectivity index is 1.49. The van der Waals surface area contributed by atoms with Gasteiger partial charge in [0.2, 0.25) is 5.91 Å². The maximum atomic E-state index is 12.4.